The maximum Gasteiger partial charge on any atom is 0.303 e. The highest BCUT2D eigenvalue weighted by molar-refractivity contribution is 5.68. The Kier molecular flexibility index (Phi) is 6.49. The average Bonchev–Trinajstić information content (AvgIpc) is 3.36. The van der Waals surface area contributed by atoms with E-state index in [2.05, 4.69) is 31.0 Å². The van der Waals surface area contributed by atoms with Gasteiger partial charge in [-0.15, -0.1) is 0 Å². The monoisotopic (exact) mass is 434 g/mol. The number of benzene rings is 2. The van der Waals surface area contributed by atoms with Gasteiger partial charge in [-0.05, 0) is 74.1 Å². The summed E-state index contributed by atoms with van der Waals surface area (Å²) >= 11 is 0. The van der Waals surface area contributed by atoms with Crippen molar-refractivity contribution in [1.82, 2.24) is 4.98 Å². The van der Waals surface area contributed by atoms with Gasteiger partial charge in [-0.2, -0.15) is 0 Å². The minimum Gasteiger partial charge on any atom is -0.493 e. The van der Waals surface area contributed by atoms with Crippen LogP contribution in [0.1, 0.15) is 48.3 Å². The van der Waals surface area contributed by atoms with Crippen LogP contribution in [-0.2, 0) is 17.6 Å². The smallest absolute Gasteiger partial charge is 0.303 e. The van der Waals surface area contributed by atoms with Gasteiger partial charge in [-0.1, -0.05) is 12.1 Å². The number of fused-ring (bicyclic) bond motifs is 1. The predicted octanol–water partition coefficient (Wildman–Crippen LogP) is 5.23. The van der Waals surface area contributed by atoms with Crippen LogP contribution >= 0.6 is 0 Å². The Labute approximate surface area is 188 Å². The van der Waals surface area contributed by atoms with Crippen LogP contribution in [0.25, 0.3) is 11.5 Å². The van der Waals surface area contributed by atoms with Crippen molar-refractivity contribution >= 4 is 11.7 Å². The summed E-state index contributed by atoms with van der Waals surface area (Å²) in [5.74, 6) is 1.63. The van der Waals surface area contributed by atoms with E-state index in [-0.39, 0.29) is 12.3 Å². The third kappa shape index (κ3) is 4.79. The molecule has 1 N–H and O–H groups in total. The van der Waals surface area contributed by atoms with Crippen LogP contribution in [-0.4, -0.2) is 36.3 Å². The second-order valence-corrected chi connectivity index (χ2v) is 8.38. The van der Waals surface area contributed by atoms with E-state index in [1.165, 1.54) is 5.56 Å². The molecule has 3 aromatic rings. The number of hydrogen-bond donors (Lipinski definition) is 1. The lowest BCUT2D eigenvalue weighted by molar-refractivity contribution is -0.137. The number of ether oxygens (including phenoxy) is 1. The molecule has 6 heteroatoms. The molecule has 0 unspecified atom stereocenters. The van der Waals surface area contributed by atoms with Gasteiger partial charge >= 0.3 is 5.97 Å². The summed E-state index contributed by atoms with van der Waals surface area (Å²) in [5, 5.41) is 9.08. The zero-order valence-electron chi connectivity index (χ0n) is 18.9. The second-order valence-electron chi connectivity index (χ2n) is 8.38. The summed E-state index contributed by atoms with van der Waals surface area (Å²) in [5.41, 5.74) is 5.34. The molecular formula is C26H30N2O4. The van der Waals surface area contributed by atoms with Crippen molar-refractivity contribution in [2.75, 3.05) is 25.1 Å². The number of aryl methyl sites for hydroxylation is 2. The number of carboxylic acid groups (broad SMARTS) is 1. The van der Waals surface area contributed by atoms with Crippen LogP contribution in [0.5, 0.6) is 5.75 Å². The van der Waals surface area contributed by atoms with E-state index in [9.17, 15) is 4.79 Å². The van der Waals surface area contributed by atoms with Crippen molar-refractivity contribution < 1.29 is 19.1 Å². The molecule has 1 aliphatic rings. The SMILES string of the molecule is CCN(C)c1cccc(-c2nc(CCOc3ccc4c(c3)CC[C@H]4CC(=O)O)c(C)o2)c1. The number of rotatable bonds is 9. The Morgan fingerprint density at radius 2 is 2.12 bits per heavy atom. The van der Waals surface area contributed by atoms with Gasteiger partial charge in [0.15, 0.2) is 0 Å². The summed E-state index contributed by atoms with van der Waals surface area (Å²) in [6, 6.07) is 14.2. The number of anilines is 1. The Morgan fingerprint density at radius 3 is 2.91 bits per heavy atom. The summed E-state index contributed by atoms with van der Waals surface area (Å²) in [4.78, 5) is 17.9. The normalized spacial score (nSPS) is 14.9. The molecule has 0 aliphatic heterocycles. The minimum atomic E-state index is -0.741. The molecule has 0 bridgehead atoms. The second kappa shape index (κ2) is 9.47. The highest BCUT2D eigenvalue weighted by Crippen LogP contribution is 2.37. The molecule has 1 aromatic heterocycles. The molecule has 0 fully saturated rings. The number of carboxylic acids is 1. The Balaban J connectivity index is 1.39. The summed E-state index contributed by atoms with van der Waals surface area (Å²) in [7, 11) is 2.06. The number of aromatic nitrogens is 1. The third-order valence-electron chi connectivity index (χ3n) is 6.25. The highest BCUT2D eigenvalue weighted by atomic mass is 16.5. The van der Waals surface area contributed by atoms with Gasteiger partial charge < -0.3 is 19.2 Å². The van der Waals surface area contributed by atoms with E-state index in [1.807, 2.05) is 37.3 Å². The predicted molar refractivity (Wildman–Crippen MR) is 125 cm³/mol. The van der Waals surface area contributed by atoms with Gasteiger partial charge in [0, 0.05) is 31.3 Å². The molecule has 1 atom stereocenters. The lowest BCUT2D eigenvalue weighted by atomic mass is 9.98. The number of aliphatic carboxylic acids is 1. The van der Waals surface area contributed by atoms with Crippen LogP contribution in [0.4, 0.5) is 5.69 Å². The molecule has 0 saturated carbocycles. The Hall–Kier alpha value is -3.28. The molecule has 0 spiro atoms. The maximum absolute atomic E-state index is 11.0. The fourth-order valence-corrected chi connectivity index (χ4v) is 4.30. The van der Waals surface area contributed by atoms with E-state index in [4.69, 9.17) is 19.2 Å². The van der Waals surface area contributed by atoms with E-state index in [0.717, 1.165) is 53.4 Å². The van der Waals surface area contributed by atoms with Crippen LogP contribution in [0.2, 0.25) is 0 Å². The Bertz CT molecular complexity index is 1100. The quantitative estimate of drug-likeness (QED) is 0.497. The van der Waals surface area contributed by atoms with Gasteiger partial charge in [-0.3, -0.25) is 4.79 Å². The van der Waals surface area contributed by atoms with Crippen molar-refractivity contribution in [2.45, 2.75) is 45.4 Å². The standard InChI is InChI=1S/C26H30N2O4/c1-4-28(3)21-7-5-6-20(14-21)26-27-24(17(2)32-26)12-13-31-22-10-11-23-18(15-22)8-9-19(23)16-25(29)30/h5-7,10-11,14-15,19H,4,8-9,12-13,16H2,1-3H3,(H,29,30)/t19-/m0/s1. The molecule has 168 valence electrons. The number of nitrogens with zero attached hydrogens (tertiary/aromatic N) is 2. The fourth-order valence-electron chi connectivity index (χ4n) is 4.30. The van der Waals surface area contributed by atoms with E-state index in [0.29, 0.717) is 18.9 Å². The Morgan fingerprint density at radius 1 is 1.28 bits per heavy atom. The number of hydrogen-bond acceptors (Lipinski definition) is 5. The van der Waals surface area contributed by atoms with Gasteiger partial charge in [0.1, 0.15) is 11.5 Å². The number of oxazole rings is 1. The zero-order valence-corrected chi connectivity index (χ0v) is 18.9. The summed E-state index contributed by atoms with van der Waals surface area (Å²) in [6.45, 7) is 5.49. The third-order valence-corrected chi connectivity index (χ3v) is 6.25. The van der Waals surface area contributed by atoms with Gasteiger partial charge in [-0.25, -0.2) is 4.98 Å². The average molecular weight is 435 g/mol. The van der Waals surface area contributed by atoms with Crippen molar-refractivity contribution in [2.24, 2.45) is 0 Å². The molecule has 0 radical (unpaired) electrons. The van der Waals surface area contributed by atoms with Crippen LogP contribution in [0.15, 0.2) is 46.9 Å². The highest BCUT2D eigenvalue weighted by Gasteiger charge is 2.25. The molecule has 1 heterocycles. The molecule has 4 rings (SSSR count). The van der Waals surface area contributed by atoms with Crippen molar-refractivity contribution in [3.05, 3.63) is 65.0 Å². The molecule has 0 amide bonds. The topological polar surface area (TPSA) is 75.8 Å². The first-order valence-corrected chi connectivity index (χ1v) is 11.2. The van der Waals surface area contributed by atoms with Crippen LogP contribution in [0.3, 0.4) is 0 Å². The van der Waals surface area contributed by atoms with Crippen LogP contribution in [0, 0.1) is 6.92 Å². The van der Waals surface area contributed by atoms with Crippen molar-refractivity contribution in [3.63, 3.8) is 0 Å². The van der Waals surface area contributed by atoms with Crippen LogP contribution < -0.4 is 9.64 Å². The van der Waals surface area contributed by atoms with Crippen molar-refractivity contribution in [3.8, 4) is 17.2 Å². The summed E-state index contributed by atoms with van der Waals surface area (Å²) < 4.78 is 11.9. The molecular weight excluding hydrogens is 404 g/mol. The van der Waals surface area contributed by atoms with Gasteiger partial charge in [0.25, 0.3) is 0 Å². The molecule has 2 aromatic carbocycles. The zero-order chi connectivity index (χ0) is 22.7. The lowest BCUT2D eigenvalue weighted by Gasteiger charge is -2.16. The van der Waals surface area contributed by atoms with E-state index < -0.39 is 5.97 Å². The largest absolute Gasteiger partial charge is 0.493 e. The molecule has 32 heavy (non-hydrogen) atoms. The lowest BCUT2D eigenvalue weighted by Crippen LogP contribution is -2.15. The van der Waals surface area contributed by atoms with Crippen molar-refractivity contribution in [1.29, 1.82) is 0 Å². The first-order chi connectivity index (χ1) is 15.4. The van der Waals surface area contributed by atoms with Gasteiger partial charge in [0.05, 0.1) is 18.7 Å². The first-order valence-electron chi connectivity index (χ1n) is 11.2. The van der Waals surface area contributed by atoms with E-state index >= 15 is 0 Å². The first kappa shape index (κ1) is 21.9. The fraction of sp³-hybridized carbons (Fsp3) is 0.385. The number of carbonyl (C=O) groups is 1. The van der Waals surface area contributed by atoms with Gasteiger partial charge in [0.2, 0.25) is 5.89 Å². The molecule has 1 aliphatic carbocycles. The molecule has 0 saturated heterocycles. The van der Waals surface area contributed by atoms with E-state index in [1.54, 1.807) is 0 Å². The molecule has 6 nitrogen and oxygen atoms in total. The minimum absolute atomic E-state index is 0.114. The summed E-state index contributed by atoms with van der Waals surface area (Å²) in [6.07, 6.45) is 2.64. The maximum atomic E-state index is 11.0.